The molecule has 0 aromatic rings. The number of hydrogen-bond donors (Lipinski definition) is 1. The van der Waals surface area contributed by atoms with Gasteiger partial charge in [0.25, 0.3) is 0 Å². The van der Waals surface area contributed by atoms with Crippen LogP contribution in [0.15, 0.2) is 0 Å². The van der Waals surface area contributed by atoms with E-state index in [9.17, 15) is 9.59 Å². The van der Waals surface area contributed by atoms with Crippen molar-refractivity contribution in [2.75, 3.05) is 26.7 Å². The van der Waals surface area contributed by atoms with Gasteiger partial charge in [0, 0.05) is 19.6 Å². The van der Waals surface area contributed by atoms with Gasteiger partial charge in [-0.2, -0.15) is 0 Å². The molecule has 1 atom stereocenters. The Kier molecular flexibility index (Phi) is 3.43. The Morgan fingerprint density at radius 3 is 2.94 bits per heavy atom. The minimum Gasteiger partial charge on any atom is -0.469 e. The number of ether oxygens (including phenoxy) is 1. The van der Waals surface area contributed by atoms with Gasteiger partial charge >= 0.3 is 5.97 Å². The number of nitrogens with zero attached hydrogens (tertiary/aromatic N) is 1. The lowest BCUT2D eigenvalue weighted by atomic mass is 10.1. The molecule has 2 aliphatic rings. The van der Waals surface area contributed by atoms with E-state index < -0.39 is 0 Å². The normalized spacial score (nSPS) is 26.3. The molecule has 0 radical (unpaired) electrons. The van der Waals surface area contributed by atoms with E-state index in [-0.39, 0.29) is 24.3 Å². The van der Waals surface area contributed by atoms with Crippen LogP contribution in [0.25, 0.3) is 0 Å². The summed E-state index contributed by atoms with van der Waals surface area (Å²) in [4.78, 5) is 25.1. The largest absolute Gasteiger partial charge is 0.469 e. The zero-order valence-electron chi connectivity index (χ0n) is 9.57. The van der Waals surface area contributed by atoms with Gasteiger partial charge in [-0.15, -0.1) is 0 Å². The van der Waals surface area contributed by atoms with Gasteiger partial charge in [0.05, 0.1) is 19.6 Å². The van der Waals surface area contributed by atoms with Crippen molar-refractivity contribution in [3.63, 3.8) is 0 Å². The zero-order valence-corrected chi connectivity index (χ0v) is 9.57. The highest BCUT2D eigenvalue weighted by atomic mass is 16.5. The van der Waals surface area contributed by atoms with E-state index >= 15 is 0 Å². The molecule has 5 heteroatoms. The highest BCUT2D eigenvalue weighted by molar-refractivity contribution is 5.87. The van der Waals surface area contributed by atoms with Crippen molar-refractivity contribution in [3.8, 4) is 0 Å². The maximum atomic E-state index is 11.7. The molecule has 1 aliphatic carbocycles. The number of nitrogens with one attached hydrogen (secondary N) is 1. The number of carbonyl (C=O) groups excluding carboxylic acids is 2. The maximum Gasteiger partial charge on any atom is 0.307 e. The molecule has 1 unspecified atom stereocenters. The highest BCUT2D eigenvalue weighted by Crippen LogP contribution is 2.30. The van der Waals surface area contributed by atoms with Gasteiger partial charge in [-0.05, 0) is 18.8 Å². The number of carbonyl (C=O) groups is 2. The lowest BCUT2D eigenvalue weighted by molar-refractivity contribution is -0.146. The molecule has 0 aromatic carbocycles. The Hall–Kier alpha value is -1.10. The first-order valence-corrected chi connectivity index (χ1v) is 5.79. The SMILES string of the molecule is COC(=O)CC1C(=O)NCCN1CC1CC1. The summed E-state index contributed by atoms with van der Waals surface area (Å²) < 4.78 is 4.62. The number of piperazine rings is 1. The number of methoxy groups -OCH3 is 1. The minimum absolute atomic E-state index is 0.0442. The van der Waals surface area contributed by atoms with E-state index in [1.54, 1.807) is 0 Å². The lowest BCUT2D eigenvalue weighted by Gasteiger charge is -2.34. The fraction of sp³-hybridized carbons (Fsp3) is 0.818. The minimum atomic E-state index is -0.332. The maximum absolute atomic E-state index is 11.7. The van der Waals surface area contributed by atoms with Crippen LogP contribution in [0.3, 0.4) is 0 Å². The van der Waals surface area contributed by atoms with Gasteiger partial charge in [-0.25, -0.2) is 0 Å². The monoisotopic (exact) mass is 226 g/mol. The van der Waals surface area contributed by atoms with Gasteiger partial charge in [-0.1, -0.05) is 0 Å². The molecule has 0 bridgehead atoms. The molecular weight excluding hydrogens is 208 g/mol. The van der Waals surface area contributed by atoms with Crippen LogP contribution in [0.2, 0.25) is 0 Å². The van der Waals surface area contributed by atoms with Crippen LogP contribution in [0, 0.1) is 5.92 Å². The first-order chi connectivity index (χ1) is 7.70. The molecule has 1 amide bonds. The van der Waals surface area contributed by atoms with Crippen LogP contribution in [0.1, 0.15) is 19.3 Å². The number of amides is 1. The van der Waals surface area contributed by atoms with Crippen LogP contribution in [0.4, 0.5) is 0 Å². The summed E-state index contributed by atoms with van der Waals surface area (Å²) in [5, 5.41) is 2.80. The van der Waals surface area contributed by atoms with Crippen molar-refractivity contribution in [2.24, 2.45) is 5.92 Å². The lowest BCUT2D eigenvalue weighted by Crippen LogP contribution is -2.56. The van der Waals surface area contributed by atoms with E-state index in [2.05, 4.69) is 15.0 Å². The van der Waals surface area contributed by atoms with Gasteiger partial charge < -0.3 is 10.1 Å². The fourth-order valence-corrected chi connectivity index (χ4v) is 2.08. The molecule has 2 rings (SSSR count). The summed E-state index contributed by atoms with van der Waals surface area (Å²) in [5.74, 6) is 0.367. The van der Waals surface area contributed by atoms with Crippen molar-refractivity contribution >= 4 is 11.9 Å². The highest BCUT2D eigenvalue weighted by Gasteiger charge is 2.35. The summed E-state index contributed by atoms with van der Waals surface area (Å²) in [6.45, 7) is 2.46. The topological polar surface area (TPSA) is 58.6 Å². The van der Waals surface area contributed by atoms with Crippen LogP contribution in [0.5, 0.6) is 0 Å². The first kappa shape index (κ1) is 11.4. The Balaban J connectivity index is 1.95. The van der Waals surface area contributed by atoms with Crippen LogP contribution < -0.4 is 5.32 Å². The summed E-state index contributed by atoms with van der Waals surface area (Å²) in [6, 6.07) is -0.332. The molecule has 1 aliphatic heterocycles. The first-order valence-electron chi connectivity index (χ1n) is 5.79. The predicted molar refractivity (Wildman–Crippen MR) is 57.7 cm³/mol. The Labute approximate surface area is 95.1 Å². The number of esters is 1. The second-order valence-corrected chi connectivity index (χ2v) is 4.53. The van der Waals surface area contributed by atoms with Gasteiger partial charge in [0.15, 0.2) is 0 Å². The average molecular weight is 226 g/mol. The van der Waals surface area contributed by atoms with E-state index in [0.717, 1.165) is 19.0 Å². The van der Waals surface area contributed by atoms with Gasteiger partial charge in [0.1, 0.15) is 0 Å². The Morgan fingerprint density at radius 2 is 2.31 bits per heavy atom. The molecule has 1 saturated carbocycles. The summed E-state index contributed by atoms with van der Waals surface area (Å²) in [5.41, 5.74) is 0. The van der Waals surface area contributed by atoms with Crippen LogP contribution >= 0.6 is 0 Å². The molecule has 2 fully saturated rings. The van der Waals surface area contributed by atoms with Crippen molar-refractivity contribution in [1.82, 2.24) is 10.2 Å². The predicted octanol–water partition coefficient (Wildman–Crippen LogP) is -0.240. The number of rotatable bonds is 4. The molecular formula is C11H18N2O3. The quantitative estimate of drug-likeness (QED) is 0.672. The molecule has 5 nitrogen and oxygen atoms in total. The second-order valence-electron chi connectivity index (χ2n) is 4.53. The zero-order chi connectivity index (χ0) is 11.5. The average Bonchev–Trinajstić information content (AvgIpc) is 3.07. The third-order valence-electron chi connectivity index (χ3n) is 3.22. The molecule has 0 aromatic heterocycles. The molecule has 1 N–H and O–H groups in total. The standard InChI is InChI=1S/C11H18N2O3/c1-16-10(14)6-9-11(15)12-4-5-13(9)7-8-2-3-8/h8-9H,2-7H2,1H3,(H,12,15). The van der Waals surface area contributed by atoms with Gasteiger partial charge in [0.2, 0.25) is 5.91 Å². The van der Waals surface area contributed by atoms with Crippen molar-refractivity contribution in [2.45, 2.75) is 25.3 Å². The summed E-state index contributed by atoms with van der Waals surface area (Å²) in [7, 11) is 1.36. The van der Waals surface area contributed by atoms with Crippen LogP contribution in [-0.4, -0.2) is 49.6 Å². The molecule has 1 heterocycles. The molecule has 1 saturated heterocycles. The van der Waals surface area contributed by atoms with E-state index in [1.807, 2.05) is 0 Å². The second kappa shape index (κ2) is 4.82. The number of hydrogen-bond acceptors (Lipinski definition) is 4. The molecule has 90 valence electrons. The molecule has 16 heavy (non-hydrogen) atoms. The van der Waals surface area contributed by atoms with Crippen molar-refractivity contribution in [1.29, 1.82) is 0 Å². The Morgan fingerprint density at radius 1 is 1.56 bits per heavy atom. The molecule has 0 spiro atoms. The van der Waals surface area contributed by atoms with Crippen LogP contribution in [-0.2, 0) is 14.3 Å². The fourth-order valence-electron chi connectivity index (χ4n) is 2.08. The van der Waals surface area contributed by atoms with Crippen molar-refractivity contribution < 1.29 is 14.3 Å². The summed E-state index contributed by atoms with van der Waals surface area (Å²) >= 11 is 0. The van der Waals surface area contributed by atoms with E-state index in [0.29, 0.717) is 6.54 Å². The smallest absolute Gasteiger partial charge is 0.307 e. The third kappa shape index (κ3) is 2.72. The summed E-state index contributed by atoms with van der Waals surface area (Å²) in [6.07, 6.45) is 2.67. The van der Waals surface area contributed by atoms with Gasteiger partial charge in [-0.3, -0.25) is 14.5 Å². The third-order valence-corrected chi connectivity index (χ3v) is 3.22. The van der Waals surface area contributed by atoms with E-state index in [4.69, 9.17) is 0 Å². The van der Waals surface area contributed by atoms with E-state index in [1.165, 1.54) is 20.0 Å². The Bertz CT molecular complexity index is 289. The van der Waals surface area contributed by atoms with Crippen molar-refractivity contribution in [3.05, 3.63) is 0 Å².